The van der Waals surface area contributed by atoms with E-state index in [-0.39, 0.29) is 37.5 Å². The molecule has 67 heavy (non-hydrogen) atoms. The Labute approximate surface area is 386 Å². The van der Waals surface area contributed by atoms with Gasteiger partial charge in [-0.3, -0.25) is 0 Å². The van der Waals surface area contributed by atoms with E-state index in [2.05, 4.69) is 0 Å². The number of rotatable bonds is 14. The van der Waals surface area contributed by atoms with Crippen molar-refractivity contribution < 1.29 is 119 Å². The van der Waals surface area contributed by atoms with Crippen LogP contribution in [0.3, 0.4) is 0 Å². The molecule has 0 radical (unpaired) electrons. The van der Waals surface area contributed by atoms with E-state index in [0.717, 1.165) is 6.08 Å². The van der Waals surface area contributed by atoms with Crippen LogP contribution in [0, 0.1) is 17.8 Å². The smallest absolute Gasteiger partial charge is 0.330 e. The van der Waals surface area contributed by atoms with Crippen molar-refractivity contribution in [2.24, 2.45) is 17.8 Å². The molecule has 0 bridgehead atoms. The molecule has 0 aromatic rings. The fourth-order valence-corrected chi connectivity index (χ4v) is 10.8. The van der Waals surface area contributed by atoms with E-state index < -0.39 is 179 Å². The molecule has 7 rings (SSSR count). The van der Waals surface area contributed by atoms with Crippen molar-refractivity contribution in [3.8, 4) is 0 Å². The third-order valence-electron chi connectivity index (χ3n) is 14.7. The largest absolute Gasteiger partial charge is 0.454 e. The molecule has 0 aromatic carbocycles. The lowest BCUT2D eigenvalue weighted by molar-refractivity contribution is -0.370. The summed E-state index contributed by atoms with van der Waals surface area (Å²) in [4.78, 5) is 12.6. The third-order valence-corrected chi connectivity index (χ3v) is 14.7. The molecule has 24 nitrogen and oxygen atoms in total. The predicted octanol–water partition coefficient (Wildman–Crippen LogP) is -6.31. The van der Waals surface area contributed by atoms with Gasteiger partial charge in [-0.2, -0.15) is 0 Å². The SMILES string of the molecule is COC1CC(C2[OH+]C3CC(O)CC(O[C@@H]4O[C@H](CO)[C@@H](O)[C@H](O)[C@H]4O)C3CC2O[C@@H]2O[C@H](CO[C@@H]3OC[C@H](OC(=O)C=CC4CCC(O)C(O)C4)[C@@H](O)[C@H]3O)[C@@H](O)[C@H](O)[C@H]2O)CC(OC)C1O. The summed E-state index contributed by atoms with van der Waals surface area (Å²) in [5.74, 6) is -1.95. The van der Waals surface area contributed by atoms with Gasteiger partial charge in [-0.25, -0.2) is 4.79 Å². The van der Waals surface area contributed by atoms with Gasteiger partial charge >= 0.3 is 5.97 Å². The molecule has 386 valence electrons. The molecule has 7 fully saturated rings. The van der Waals surface area contributed by atoms with Gasteiger partial charge in [0.05, 0.1) is 62.4 Å². The number of aliphatic hydroxyl groups is 15. The van der Waals surface area contributed by atoms with E-state index in [9.17, 15) is 71.2 Å². The van der Waals surface area contributed by atoms with Crippen LogP contribution >= 0.6 is 0 Å². The Morgan fingerprint density at radius 2 is 1.22 bits per heavy atom. The highest BCUT2D eigenvalue weighted by Gasteiger charge is 2.58. The minimum atomic E-state index is -1.85. The minimum absolute atomic E-state index is 0.0335. The van der Waals surface area contributed by atoms with Gasteiger partial charge in [0, 0.05) is 39.1 Å². The standard InChI is InChI=1S/C43H70O24/c1-58-24-8-17(9-25(59-2)31(24)49)40-26(12-19-22(63-40)10-18(45)11-23(19)64-42-38(56)35(53)32(50)27(13-44)66-42)65-43-39(57)36(54)33(51)29(67-43)15-61-41-37(55)34(52)28(14-60-41)62-30(48)6-4-16-3-5-20(46)21(47)7-16/h4,6,16-29,31-47,49-57H,3,5,7-15H2,1-2H3/p+1/t16?,17?,18?,19?,20?,21?,22?,23?,24?,25?,26?,27-,28+,29-,31?,32-,33-,34-,35+,36+,37-,38-,39-,40?,41+,42-,43-/m1/s1. The topological polar surface area (TPSA) is 376 Å². The van der Waals surface area contributed by atoms with E-state index >= 15 is 0 Å². The molecular formula is C43H71O24+. The third kappa shape index (κ3) is 12.0. The van der Waals surface area contributed by atoms with E-state index in [1.165, 1.54) is 14.2 Å². The van der Waals surface area contributed by atoms with Crippen molar-refractivity contribution in [3.05, 3.63) is 12.2 Å². The summed E-state index contributed by atoms with van der Waals surface area (Å²) >= 11 is 0. The molecule has 3 saturated carbocycles. The zero-order valence-electron chi connectivity index (χ0n) is 37.4. The fourth-order valence-electron chi connectivity index (χ4n) is 10.8. The van der Waals surface area contributed by atoms with Crippen molar-refractivity contribution in [3.63, 3.8) is 0 Å². The molecule has 7 aliphatic rings. The highest BCUT2D eigenvalue weighted by molar-refractivity contribution is 5.82. The Balaban J connectivity index is 1.03. The van der Waals surface area contributed by atoms with Crippen LogP contribution in [-0.2, 0) is 47.4 Å². The molecule has 4 heterocycles. The Kier molecular flexibility index (Phi) is 18.4. The van der Waals surface area contributed by atoms with Gasteiger partial charge in [-0.05, 0) is 44.4 Å². The fraction of sp³-hybridized carbons (Fsp3) is 0.930. The number of ether oxygens (including phenoxy) is 10. The molecule has 3 aliphatic carbocycles. The highest BCUT2D eigenvalue weighted by atomic mass is 16.7. The second-order valence-corrected chi connectivity index (χ2v) is 19.1. The molecule has 0 spiro atoms. The molecule has 25 atom stereocenters. The molecule has 0 amide bonds. The lowest BCUT2D eigenvalue weighted by Gasteiger charge is -2.50. The summed E-state index contributed by atoms with van der Waals surface area (Å²) in [6, 6.07) is 0. The number of fused-ring (bicyclic) bond motifs is 1. The summed E-state index contributed by atoms with van der Waals surface area (Å²) in [6.45, 7) is -1.67. The monoisotopic (exact) mass is 971 g/mol. The van der Waals surface area contributed by atoms with Crippen molar-refractivity contribution in [1.29, 1.82) is 0 Å². The summed E-state index contributed by atoms with van der Waals surface area (Å²) < 4.78 is 57.5. The van der Waals surface area contributed by atoms with Crippen LogP contribution in [0.1, 0.15) is 51.4 Å². The lowest BCUT2D eigenvalue weighted by atomic mass is 9.72. The molecule has 0 aromatic heterocycles. The average molecular weight is 972 g/mol. The molecule has 4 saturated heterocycles. The van der Waals surface area contributed by atoms with Crippen LogP contribution in [0.5, 0.6) is 0 Å². The van der Waals surface area contributed by atoms with Crippen LogP contribution in [0.2, 0.25) is 0 Å². The first-order chi connectivity index (χ1) is 31.9. The maximum absolute atomic E-state index is 12.6. The second-order valence-electron chi connectivity index (χ2n) is 19.1. The van der Waals surface area contributed by atoms with Gasteiger partial charge in [-0.1, -0.05) is 6.08 Å². The zero-order valence-corrected chi connectivity index (χ0v) is 37.4. The number of carbonyl (C=O) groups excluding carboxylic acids is 1. The first-order valence-electron chi connectivity index (χ1n) is 23.2. The summed E-state index contributed by atoms with van der Waals surface area (Å²) in [5.41, 5.74) is 0. The number of carbonyl (C=O) groups is 1. The van der Waals surface area contributed by atoms with Crippen LogP contribution in [0.4, 0.5) is 0 Å². The van der Waals surface area contributed by atoms with Gasteiger partial charge < -0.3 is 114 Å². The van der Waals surface area contributed by atoms with Crippen molar-refractivity contribution >= 4 is 5.97 Å². The minimum Gasteiger partial charge on any atom is -0.454 e. The van der Waals surface area contributed by atoms with E-state index in [1.54, 1.807) is 6.08 Å². The Hall–Kier alpha value is -1.67. The first kappa shape index (κ1) is 53.1. The Morgan fingerprint density at radius 1 is 0.612 bits per heavy atom. The van der Waals surface area contributed by atoms with E-state index in [4.69, 9.17) is 47.4 Å². The number of aliphatic hydroxyl groups excluding tert-OH is 13. The average Bonchev–Trinajstić information content (AvgIpc) is 3.31. The van der Waals surface area contributed by atoms with Crippen molar-refractivity contribution in [1.82, 2.24) is 0 Å². The van der Waals surface area contributed by atoms with Crippen LogP contribution in [0.15, 0.2) is 12.2 Å². The number of methoxy groups -OCH3 is 2. The first-order valence-corrected chi connectivity index (χ1v) is 23.2. The van der Waals surface area contributed by atoms with Crippen LogP contribution in [0.25, 0.3) is 0 Å². The van der Waals surface area contributed by atoms with Crippen LogP contribution < -0.4 is 0 Å². The Morgan fingerprint density at radius 3 is 1.85 bits per heavy atom. The highest BCUT2D eigenvalue weighted by Crippen LogP contribution is 2.44. The Bertz CT molecular complexity index is 1580. The predicted molar refractivity (Wildman–Crippen MR) is 220 cm³/mol. The number of hydrogen-bond donors (Lipinski definition) is 13. The zero-order chi connectivity index (χ0) is 48.4. The lowest BCUT2D eigenvalue weighted by Crippen LogP contribution is -2.64. The second kappa shape index (κ2) is 23.3. The molecule has 11 unspecified atom stereocenters. The van der Waals surface area contributed by atoms with Gasteiger partial charge in [-0.15, -0.1) is 0 Å². The van der Waals surface area contributed by atoms with Crippen molar-refractivity contribution in [2.45, 2.75) is 198 Å². The normalized spacial score (nSPS) is 51.0. The molecule has 24 heteroatoms. The summed E-state index contributed by atoms with van der Waals surface area (Å²) in [5, 5.41) is 138. The molecule has 14 N–H and O–H groups in total. The summed E-state index contributed by atoms with van der Waals surface area (Å²) in [7, 11) is 2.91. The van der Waals surface area contributed by atoms with Gasteiger partial charge in [0.15, 0.2) is 37.2 Å². The van der Waals surface area contributed by atoms with Gasteiger partial charge in [0.1, 0.15) is 73.2 Å². The summed E-state index contributed by atoms with van der Waals surface area (Å²) in [6.07, 6.45) is -26.0. The van der Waals surface area contributed by atoms with E-state index in [1.807, 2.05) is 0 Å². The molecule has 4 aliphatic heterocycles. The number of hydrogen-bond acceptors (Lipinski definition) is 23. The van der Waals surface area contributed by atoms with Crippen LogP contribution in [-0.4, -0.2) is 258 Å². The van der Waals surface area contributed by atoms with Gasteiger partial charge in [0.2, 0.25) is 0 Å². The number of allylic oxidation sites excluding steroid dienone is 1. The molecular weight excluding hydrogens is 900 g/mol. The van der Waals surface area contributed by atoms with Crippen molar-refractivity contribution in [2.75, 3.05) is 34.0 Å². The number of esters is 1. The maximum Gasteiger partial charge on any atom is 0.330 e. The maximum atomic E-state index is 12.6. The quantitative estimate of drug-likeness (QED) is 0.0437. The van der Waals surface area contributed by atoms with Gasteiger partial charge in [0.25, 0.3) is 0 Å². The van der Waals surface area contributed by atoms with E-state index in [0.29, 0.717) is 25.7 Å².